The Labute approximate surface area is 197 Å². The molecule has 0 saturated heterocycles. The minimum Gasteiger partial charge on any atom is -0.481 e. The number of nitrogens with one attached hydrogen (secondary N) is 1. The Kier molecular flexibility index (Phi) is 7.17. The highest BCUT2D eigenvalue weighted by molar-refractivity contribution is 7.12. The molecule has 0 bridgehead atoms. The summed E-state index contributed by atoms with van der Waals surface area (Å²) in [6, 6.07) is 29.1. The summed E-state index contributed by atoms with van der Waals surface area (Å²) in [6.45, 7) is 0. The summed E-state index contributed by atoms with van der Waals surface area (Å²) in [7, 11) is 0. The zero-order chi connectivity index (χ0) is 23.0. The van der Waals surface area contributed by atoms with Gasteiger partial charge in [0, 0.05) is 11.4 Å². The quantitative estimate of drug-likeness (QED) is 0.203. The molecule has 5 nitrogen and oxygen atoms in total. The summed E-state index contributed by atoms with van der Waals surface area (Å²) >= 11 is 1.55. The smallest absolute Gasteiger partial charge is 0.310 e. The molecule has 166 valence electrons. The van der Waals surface area contributed by atoms with Crippen molar-refractivity contribution in [3.8, 4) is 0 Å². The van der Waals surface area contributed by atoms with Gasteiger partial charge in [0.1, 0.15) is 5.84 Å². The molecule has 0 spiro atoms. The number of nitrogens with zero attached hydrogens (tertiary/aromatic N) is 1. The SMILES string of the molecule is NC(=Nc1ccc(CCC(C(=O)O)c2ccc(Nc3ccccc3)cc2)cc1)c1cccs1. The second-order valence-electron chi connectivity index (χ2n) is 7.68. The zero-order valence-electron chi connectivity index (χ0n) is 18.0. The van der Waals surface area contributed by atoms with Crippen LogP contribution in [0.4, 0.5) is 17.1 Å². The van der Waals surface area contributed by atoms with Gasteiger partial charge in [-0.2, -0.15) is 0 Å². The van der Waals surface area contributed by atoms with Crippen LogP contribution in [0.2, 0.25) is 0 Å². The average molecular weight is 456 g/mol. The first-order chi connectivity index (χ1) is 16.1. The number of carboxylic acids is 1. The van der Waals surface area contributed by atoms with E-state index in [1.807, 2.05) is 96.4 Å². The number of aliphatic imine (C=N–C) groups is 1. The third-order valence-electron chi connectivity index (χ3n) is 5.35. The minimum atomic E-state index is -0.816. The molecule has 0 fully saturated rings. The minimum absolute atomic E-state index is 0.494. The van der Waals surface area contributed by atoms with E-state index in [1.165, 1.54) is 0 Å². The molecule has 1 heterocycles. The van der Waals surface area contributed by atoms with Crippen molar-refractivity contribution in [2.45, 2.75) is 18.8 Å². The van der Waals surface area contributed by atoms with E-state index in [4.69, 9.17) is 5.73 Å². The van der Waals surface area contributed by atoms with Crippen molar-refractivity contribution in [2.24, 2.45) is 10.7 Å². The van der Waals surface area contributed by atoms with E-state index in [2.05, 4.69) is 10.3 Å². The van der Waals surface area contributed by atoms with Gasteiger partial charge in [-0.3, -0.25) is 4.79 Å². The predicted molar refractivity (Wildman–Crippen MR) is 136 cm³/mol. The van der Waals surface area contributed by atoms with Crippen LogP contribution in [0.1, 0.15) is 28.3 Å². The molecule has 4 aromatic rings. The van der Waals surface area contributed by atoms with E-state index in [9.17, 15) is 9.90 Å². The van der Waals surface area contributed by atoms with Gasteiger partial charge in [0.15, 0.2) is 0 Å². The summed E-state index contributed by atoms with van der Waals surface area (Å²) in [5, 5.41) is 15.1. The largest absolute Gasteiger partial charge is 0.481 e. The summed E-state index contributed by atoms with van der Waals surface area (Å²) in [4.78, 5) is 17.3. The van der Waals surface area contributed by atoms with Crippen LogP contribution in [0.25, 0.3) is 0 Å². The van der Waals surface area contributed by atoms with Crippen molar-refractivity contribution in [1.29, 1.82) is 0 Å². The number of nitrogens with two attached hydrogens (primary N) is 1. The number of thiophene rings is 1. The predicted octanol–water partition coefficient (Wildman–Crippen LogP) is 6.33. The lowest BCUT2D eigenvalue weighted by Gasteiger charge is -2.14. The highest BCUT2D eigenvalue weighted by atomic mass is 32.1. The van der Waals surface area contributed by atoms with Crippen LogP contribution in [-0.4, -0.2) is 16.9 Å². The Morgan fingerprint density at radius 3 is 2.24 bits per heavy atom. The monoisotopic (exact) mass is 455 g/mol. The van der Waals surface area contributed by atoms with Crippen LogP contribution in [0.3, 0.4) is 0 Å². The number of hydrogen-bond acceptors (Lipinski definition) is 4. The Morgan fingerprint density at radius 2 is 1.61 bits per heavy atom. The van der Waals surface area contributed by atoms with Gasteiger partial charge in [0.2, 0.25) is 0 Å². The van der Waals surface area contributed by atoms with Gasteiger partial charge in [-0.05, 0) is 71.8 Å². The third kappa shape index (κ3) is 6.08. The number of para-hydroxylation sites is 1. The first kappa shape index (κ1) is 22.3. The van der Waals surface area contributed by atoms with E-state index in [0.29, 0.717) is 18.7 Å². The summed E-state index contributed by atoms with van der Waals surface area (Å²) in [5.41, 5.74) is 10.6. The maximum atomic E-state index is 11.9. The van der Waals surface area contributed by atoms with Crippen molar-refractivity contribution in [2.75, 3.05) is 5.32 Å². The normalized spacial score (nSPS) is 12.3. The lowest BCUT2D eigenvalue weighted by Crippen LogP contribution is -2.12. The molecular formula is C27H25N3O2S. The average Bonchev–Trinajstić information content (AvgIpc) is 3.37. The lowest BCUT2D eigenvalue weighted by atomic mass is 9.92. The molecule has 0 amide bonds. The molecule has 0 aliphatic heterocycles. The fourth-order valence-electron chi connectivity index (χ4n) is 3.59. The van der Waals surface area contributed by atoms with Crippen molar-refractivity contribution in [1.82, 2.24) is 0 Å². The van der Waals surface area contributed by atoms with Crippen molar-refractivity contribution < 1.29 is 9.90 Å². The van der Waals surface area contributed by atoms with Gasteiger partial charge >= 0.3 is 5.97 Å². The number of carboxylic acid groups (broad SMARTS) is 1. The Hall–Kier alpha value is -3.90. The number of amidine groups is 1. The Bertz CT molecular complexity index is 1200. The highest BCUT2D eigenvalue weighted by Gasteiger charge is 2.19. The number of rotatable bonds is 9. The van der Waals surface area contributed by atoms with Gasteiger partial charge in [-0.1, -0.05) is 48.5 Å². The molecular weight excluding hydrogens is 430 g/mol. The van der Waals surface area contributed by atoms with E-state index >= 15 is 0 Å². The second kappa shape index (κ2) is 10.6. The molecule has 4 rings (SSSR count). The van der Waals surface area contributed by atoms with Crippen molar-refractivity contribution >= 4 is 40.2 Å². The number of anilines is 2. The maximum Gasteiger partial charge on any atom is 0.310 e. The maximum absolute atomic E-state index is 11.9. The molecule has 4 N–H and O–H groups in total. The number of hydrogen-bond donors (Lipinski definition) is 3. The zero-order valence-corrected chi connectivity index (χ0v) is 18.8. The van der Waals surface area contributed by atoms with Gasteiger partial charge in [0.05, 0.1) is 16.5 Å². The first-order valence-corrected chi connectivity index (χ1v) is 11.6. The van der Waals surface area contributed by atoms with E-state index in [0.717, 1.165) is 33.1 Å². The molecule has 0 aliphatic carbocycles. The number of carbonyl (C=O) groups is 1. The molecule has 3 aromatic carbocycles. The van der Waals surface area contributed by atoms with Crippen LogP contribution in [0.5, 0.6) is 0 Å². The van der Waals surface area contributed by atoms with E-state index in [-0.39, 0.29) is 0 Å². The van der Waals surface area contributed by atoms with Crippen LogP contribution in [-0.2, 0) is 11.2 Å². The number of aliphatic carboxylic acids is 1. The standard InChI is InChI=1S/C27H25N3O2S/c28-26(25-7-4-18-33-25)30-23-13-8-19(9-14-23)10-17-24(27(31)32)20-11-15-22(16-12-20)29-21-5-2-1-3-6-21/h1-9,11-16,18,24,29H,10,17H2,(H2,28,30)(H,31,32). The summed E-state index contributed by atoms with van der Waals surface area (Å²) in [6.07, 6.45) is 1.17. The van der Waals surface area contributed by atoms with E-state index in [1.54, 1.807) is 11.3 Å². The third-order valence-corrected chi connectivity index (χ3v) is 6.25. The Balaban J connectivity index is 1.38. The molecule has 1 unspecified atom stereocenters. The van der Waals surface area contributed by atoms with Crippen LogP contribution < -0.4 is 11.1 Å². The van der Waals surface area contributed by atoms with E-state index < -0.39 is 11.9 Å². The molecule has 33 heavy (non-hydrogen) atoms. The van der Waals surface area contributed by atoms with Crippen LogP contribution >= 0.6 is 11.3 Å². The fraction of sp³-hybridized carbons (Fsp3) is 0.111. The summed E-state index contributed by atoms with van der Waals surface area (Å²) in [5.74, 6) is -0.888. The van der Waals surface area contributed by atoms with Gasteiger partial charge in [-0.15, -0.1) is 11.3 Å². The molecule has 1 atom stereocenters. The lowest BCUT2D eigenvalue weighted by molar-refractivity contribution is -0.138. The topological polar surface area (TPSA) is 87.7 Å². The van der Waals surface area contributed by atoms with Crippen LogP contribution in [0.15, 0.2) is 101 Å². The summed E-state index contributed by atoms with van der Waals surface area (Å²) < 4.78 is 0. The van der Waals surface area contributed by atoms with Crippen molar-refractivity contribution in [3.05, 3.63) is 112 Å². The van der Waals surface area contributed by atoms with Gasteiger partial charge in [-0.25, -0.2) is 4.99 Å². The van der Waals surface area contributed by atoms with Crippen molar-refractivity contribution in [3.63, 3.8) is 0 Å². The fourth-order valence-corrected chi connectivity index (χ4v) is 4.21. The van der Waals surface area contributed by atoms with Crippen LogP contribution in [0, 0.1) is 0 Å². The molecule has 0 radical (unpaired) electrons. The number of benzene rings is 3. The molecule has 0 saturated carbocycles. The van der Waals surface area contributed by atoms with Gasteiger partial charge < -0.3 is 16.2 Å². The molecule has 1 aromatic heterocycles. The van der Waals surface area contributed by atoms with Gasteiger partial charge in [0.25, 0.3) is 0 Å². The Morgan fingerprint density at radius 1 is 0.909 bits per heavy atom. The second-order valence-corrected chi connectivity index (χ2v) is 8.63. The molecule has 0 aliphatic rings. The number of aryl methyl sites for hydroxylation is 1. The first-order valence-electron chi connectivity index (χ1n) is 10.7. The highest BCUT2D eigenvalue weighted by Crippen LogP contribution is 2.26. The molecule has 6 heteroatoms.